The Morgan fingerprint density at radius 2 is 2.19 bits per heavy atom. The summed E-state index contributed by atoms with van der Waals surface area (Å²) in [4.78, 5) is 2.53. The molecule has 0 radical (unpaired) electrons. The third-order valence-electron chi connectivity index (χ3n) is 3.24. The molecule has 0 spiro atoms. The van der Waals surface area contributed by atoms with Gasteiger partial charge in [0, 0.05) is 26.2 Å². The number of nitrogens with zero attached hydrogens (tertiary/aromatic N) is 1. The van der Waals surface area contributed by atoms with E-state index in [1.807, 2.05) is 7.05 Å². The first-order valence-corrected chi connectivity index (χ1v) is 6.50. The van der Waals surface area contributed by atoms with Gasteiger partial charge in [0.2, 0.25) is 0 Å². The van der Waals surface area contributed by atoms with E-state index in [4.69, 9.17) is 4.74 Å². The average Bonchev–Trinajstić information content (AvgIpc) is 2.55. The quantitative estimate of drug-likeness (QED) is 0.670. The molecule has 1 aliphatic heterocycles. The van der Waals surface area contributed by atoms with Crippen LogP contribution in [0.4, 0.5) is 0 Å². The predicted molar refractivity (Wildman–Crippen MR) is 68.7 cm³/mol. The normalized spacial score (nSPS) is 26.8. The van der Waals surface area contributed by atoms with Gasteiger partial charge < -0.3 is 15.0 Å². The summed E-state index contributed by atoms with van der Waals surface area (Å²) >= 11 is 0. The Morgan fingerprint density at radius 3 is 2.81 bits per heavy atom. The summed E-state index contributed by atoms with van der Waals surface area (Å²) in [7, 11) is 2.04. The zero-order chi connectivity index (χ0) is 12.0. The van der Waals surface area contributed by atoms with Crippen molar-refractivity contribution in [3.05, 3.63) is 0 Å². The molecule has 3 nitrogen and oxygen atoms in total. The van der Waals surface area contributed by atoms with E-state index >= 15 is 0 Å². The van der Waals surface area contributed by atoms with Crippen molar-refractivity contribution in [3.63, 3.8) is 0 Å². The minimum atomic E-state index is 0.465. The third-order valence-corrected chi connectivity index (χ3v) is 3.24. The van der Waals surface area contributed by atoms with Crippen LogP contribution >= 0.6 is 0 Å². The van der Waals surface area contributed by atoms with E-state index in [0.29, 0.717) is 11.3 Å². The van der Waals surface area contributed by atoms with Gasteiger partial charge in [0.05, 0.1) is 6.61 Å². The molecule has 0 amide bonds. The van der Waals surface area contributed by atoms with Gasteiger partial charge in [0.1, 0.15) is 0 Å². The molecule has 0 saturated carbocycles. The Balaban J connectivity index is 2.12. The molecule has 16 heavy (non-hydrogen) atoms. The molecular weight excluding hydrogens is 200 g/mol. The maximum absolute atomic E-state index is 5.63. The van der Waals surface area contributed by atoms with Crippen LogP contribution in [-0.4, -0.2) is 51.3 Å². The van der Waals surface area contributed by atoms with Gasteiger partial charge >= 0.3 is 0 Å². The number of likely N-dealkylation sites (tertiary alicyclic amines) is 1. The summed E-state index contributed by atoms with van der Waals surface area (Å²) in [6, 6.07) is 0. The van der Waals surface area contributed by atoms with E-state index in [1.165, 1.54) is 19.5 Å². The lowest BCUT2D eigenvalue weighted by atomic mass is 9.90. The summed E-state index contributed by atoms with van der Waals surface area (Å²) in [5.74, 6) is 0.646. The monoisotopic (exact) mass is 228 g/mol. The smallest absolute Gasteiger partial charge is 0.0593 e. The fraction of sp³-hybridized carbons (Fsp3) is 1.00. The third kappa shape index (κ3) is 4.81. The fourth-order valence-corrected chi connectivity index (χ4v) is 2.40. The predicted octanol–water partition coefficient (Wildman–Crippen LogP) is 1.59. The maximum atomic E-state index is 5.63. The number of nitrogens with one attached hydrogen (secondary N) is 1. The Hall–Kier alpha value is -0.120. The number of ether oxygens (including phenoxy) is 1. The van der Waals surface area contributed by atoms with Crippen molar-refractivity contribution in [2.75, 3.05) is 46.4 Å². The second-order valence-electron chi connectivity index (χ2n) is 5.84. The van der Waals surface area contributed by atoms with Gasteiger partial charge in [0.15, 0.2) is 0 Å². The minimum absolute atomic E-state index is 0.465. The molecule has 0 aromatic carbocycles. The van der Waals surface area contributed by atoms with E-state index in [9.17, 15) is 0 Å². The Bertz CT molecular complexity index is 196. The lowest BCUT2D eigenvalue weighted by Crippen LogP contribution is -2.34. The van der Waals surface area contributed by atoms with Crippen LogP contribution in [-0.2, 0) is 4.74 Å². The molecule has 1 atom stereocenters. The lowest BCUT2D eigenvalue weighted by molar-refractivity contribution is 0.0886. The van der Waals surface area contributed by atoms with Crippen LogP contribution in [0.1, 0.15) is 27.2 Å². The van der Waals surface area contributed by atoms with Gasteiger partial charge in [-0.15, -0.1) is 0 Å². The van der Waals surface area contributed by atoms with Crippen molar-refractivity contribution >= 4 is 0 Å². The number of rotatable bonds is 7. The highest BCUT2D eigenvalue weighted by atomic mass is 16.5. The molecule has 0 aliphatic carbocycles. The largest absolute Gasteiger partial charge is 0.380 e. The van der Waals surface area contributed by atoms with Crippen LogP contribution in [0.25, 0.3) is 0 Å². The van der Waals surface area contributed by atoms with E-state index in [1.54, 1.807) is 0 Å². The molecular formula is C13H28N2O. The number of hydrogen-bond donors (Lipinski definition) is 1. The Kier molecular flexibility index (Phi) is 5.73. The molecule has 3 heteroatoms. The van der Waals surface area contributed by atoms with E-state index in [0.717, 1.165) is 26.3 Å². The summed E-state index contributed by atoms with van der Waals surface area (Å²) in [5, 5.41) is 3.29. The van der Waals surface area contributed by atoms with Gasteiger partial charge in [0.25, 0.3) is 0 Å². The summed E-state index contributed by atoms with van der Waals surface area (Å²) in [5.41, 5.74) is 0.465. The first-order valence-electron chi connectivity index (χ1n) is 6.50. The van der Waals surface area contributed by atoms with Crippen molar-refractivity contribution < 1.29 is 4.74 Å². The topological polar surface area (TPSA) is 24.5 Å². The molecule has 0 aromatic heterocycles. The molecule has 0 aromatic rings. The molecule has 96 valence electrons. The second kappa shape index (κ2) is 6.58. The van der Waals surface area contributed by atoms with Crippen molar-refractivity contribution in [1.29, 1.82) is 0 Å². The van der Waals surface area contributed by atoms with Crippen molar-refractivity contribution in [1.82, 2.24) is 10.2 Å². The van der Waals surface area contributed by atoms with Crippen LogP contribution in [0.15, 0.2) is 0 Å². The molecule has 1 rings (SSSR count). The SMILES string of the molecule is CNCC1(C)CCN(CCOCC(C)C)C1. The first kappa shape index (κ1) is 13.9. The van der Waals surface area contributed by atoms with Crippen molar-refractivity contribution in [2.45, 2.75) is 27.2 Å². The van der Waals surface area contributed by atoms with Gasteiger partial charge in [-0.3, -0.25) is 0 Å². The second-order valence-corrected chi connectivity index (χ2v) is 5.84. The Morgan fingerprint density at radius 1 is 1.44 bits per heavy atom. The average molecular weight is 228 g/mol. The Labute approximate surface area is 101 Å². The van der Waals surface area contributed by atoms with E-state index in [-0.39, 0.29) is 0 Å². The van der Waals surface area contributed by atoms with Crippen LogP contribution in [0.3, 0.4) is 0 Å². The maximum Gasteiger partial charge on any atom is 0.0593 e. The van der Waals surface area contributed by atoms with Crippen LogP contribution < -0.4 is 5.32 Å². The van der Waals surface area contributed by atoms with E-state index < -0.39 is 0 Å². The zero-order valence-corrected chi connectivity index (χ0v) is 11.4. The van der Waals surface area contributed by atoms with Gasteiger partial charge in [-0.1, -0.05) is 20.8 Å². The molecule has 1 aliphatic rings. The van der Waals surface area contributed by atoms with Gasteiger partial charge in [-0.25, -0.2) is 0 Å². The van der Waals surface area contributed by atoms with Crippen molar-refractivity contribution in [3.8, 4) is 0 Å². The summed E-state index contributed by atoms with van der Waals surface area (Å²) in [6.07, 6.45) is 1.30. The molecule has 1 N–H and O–H groups in total. The molecule has 0 bridgehead atoms. The van der Waals surface area contributed by atoms with Gasteiger partial charge in [-0.05, 0) is 31.3 Å². The first-order chi connectivity index (χ1) is 7.56. The molecule has 1 heterocycles. The van der Waals surface area contributed by atoms with Gasteiger partial charge in [-0.2, -0.15) is 0 Å². The highest BCUT2D eigenvalue weighted by molar-refractivity contribution is 4.87. The molecule has 1 saturated heterocycles. The van der Waals surface area contributed by atoms with Crippen LogP contribution in [0.5, 0.6) is 0 Å². The van der Waals surface area contributed by atoms with E-state index in [2.05, 4.69) is 31.0 Å². The van der Waals surface area contributed by atoms with Crippen LogP contribution in [0.2, 0.25) is 0 Å². The molecule has 1 fully saturated rings. The number of hydrogen-bond acceptors (Lipinski definition) is 3. The molecule has 1 unspecified atom stereocenters. The van der Waals surface area contributed by atoms with Crippen LogP contribution in [0, 0.1) is 11.3 Å². The highest BCUT2D eigenvalue weighted by Gasteiger charge is 2.32. The summed E-state index contributed by atoms with van der Waals surface area (Å²) < 4.78 is 5.63. The lowest BCUT2D eigenvalue weighted by Gasteiger charge is -2.24. The summed E-state index contributed by atoms with van der Waals surface area (Å²) in [6.45, 7) is 13.2. The minimum Gasteiger partial charge on any atom is -0.380 e. The van der Waals surface area contributed by atoms with Crippen molar-refractivity contribution in [2.24, 2.45) is 11.3 Å². The fourth-order valence-electron chi connectivity index (χ4n) is 2.40. The standard InChI is InChI=1S/C13H28N2O/c1-12(2)9-16-8-7-15-6-5-13(3,11-15)10-14-4/h12,14H,5-11H2,1-4H3. The zero-order valence-electron chi connectivity index (χ0n) is 11.4. The highest BCUT2D eigenvalue weighted by Crippen LogP contribution is 2.28.